The molecule has 0 aromatic heterocycles. The lowest BCUT2D eigenvalue weighted by molar-refractivity contribution is -0.116. The molecular weight excluding hydrogens is 218 g/mol. The van der Waals surface area contributed by atoms with Crippen molar-refractivity contribution in [3.8, 4) is 11.5 Å². The summed E-state index contributed by atoms with van der Waals surface area (Å²) in [5.41, 5.74) is 0.657. The van der Waals surface area contributed by atoms with Gasteiger partial charge in [0.2, 0.25) is 5.91 Å². The summed E-state index contributed by atoms with van der Waals surface area (Å²) in [5.74, 6) is 0.417. The van der Waals surface area contributed by atoms with Crippen molar-refractivity contribution in [3.05, 3.63) is 18.2 Å². The topological polar surface area (TPSA) is 49.8 Å². The molecule has 1 aromatic carbocycles. The van der Waals surface area contributed by atoms with Crippen molar-refractivity contribution in [1.29, 1.82) is 0 Å². The van der Waals surface area contributed by atoms with E-state index in [2.05, 4.69) is 0 Å². The molecule has 0 unspecified atom stereocenters. The fourth-order valence-electron chi connectivity index (χ4n) is 1.54. The van der Waals surface area contributed by atoms with Crippen LogP contribution in [0.4, 0.5) is 5.69 Å². The minimum atomic E-state index is -0.160. The molecule has 1 amide bonds. The first kappa shape index (κ1) is 10.1. The van der Waals surface area contributed by atoms with Gasteiger partial charge in [-0.2, -0.15) is 0 Å². The van der Waals surface area contributed by atoms with Gasteiger partial charge in [-0.15, -0.1) is 11.6 Å². The van der Waals surface area contributed by atoms with Gasteiger partial charge in [-0.3, -0.25) is 4.79 Å². The molecule has 1 aromatic rings. The van der Waals surface area contributed by atoms with E-state index in [1.54, 1.807) is 11.0 Å². The fourth-order valence-corrected chi connectivity index (χ4v) is 1.68. The predicted octanol–water partition coefficient (Wildman–Crippen LogP) is 1.36. The quantitative estimate of drug-likeness (QED) is 0.737. The zero-order valence-electron chi connectivity index (χ0n) is 7.94. The van der Waals surface area contributed by atoms with Crippen molar-refractivity contribution >= 4 is 23.2 Å². The Kier molecular flexibility index (Phi) is 2.68. The molecule has 0 atom stereocenters. The lowest BCUT2D eigenvalue weighted by atomic mass is 10.2. The summed E-state index contributed by atoms with van der Waals surface area (Å²) in [6, 6.07) is 4.65. The molecule has 0 fully saturated rings. The number of hydrogen-bond donors (Lipinski definition) is 1. The zero-order chi connectivity index (χ0) is 10.8. The molecule has 0 bridgehead atoms. The molecule has 0 saturated heterocycles. The number of carbonyl (C=O) groups is 1. The Balaban J connectivity index is 2.38. The van der Waals surface area contributed by atoms with Crippen LogP contribution in [0.3, 0.4) is 0 Å². The van der Waals surface area contributed by atoms with Gasteiger partial charge in [-0.25, -0.2) is 0 Å². The summed E-state index contributed by atoms with van der Waals surface area (Å²) in [6.45, 7) is 0.905. The fraction of sp³-hybridized carbons (Fsp3) is 0.300. The van der Waals surface area contributed by atoms with Crippen molar-refractivity contribution in [2.75, 3.05) is 23.9 Å². The zero-order valence-corrected chi connectivity index (χ0v) is 8.70. The van der Waals surface area contributed by atoms with Crippen LogP contribution in [0.5, 0.6) is 11.5 Å². The van der Waals surface area contributed by atoms with Crippen LogP contribution in [-0.4, -0.2) is 30.0 Å². The summed E-state index contributed by atoms with van der Waals surface area (Å²) >= 11 is 5.50. The normalized spacial score (nSPS) is 14.3. The Hall–Kier alpha value is -1.42. The van der Waals surface area contributed by atoms with Crippen molar-refractivity contribution < 1.29 is 14.6 Å². The van der Waals surface area contributed by atoms with Gasteiger partial charge < -0.3 is 14.7 Å². The highest BCUT2D eigenvalue weighted by Gasteiger charge is 2.22. The Bertz CT molecular complexity index is 394. The summed E-state index contributed by atoms with van der Waals surface area (Å²) in [5, 5.41) is 9.26. The minimum Gasteiger partial charge on any atom is -0.508 e. The molecular formula is C10H10ClNO3. The highest BCUT2D eigenvalue weighted by atomic mass is 35.5. The van der Waals surface area contributed by atoms with E-state index in [9.17, 15) is 9.90 Å². The first-order chi connectivity index (χ1) is 7.22. The molecule has 1 N–H and O–H groups in total. The number of aromatic hydroxyl groups is 1. The Morgan fingerprint density at radius 2 is 2.40 bits per heavy atom. The van der Waals surface area contributed by atoms with E-state index in [0.29, 0.717) is 24.6 Å². The maximum atomic E-state index is 11.5. The monoisotopic (exact) mass is 227 g/mol. The maximum absolute atomic E-state index is 11.5. The van der Waals surface area contributed by atoms with Crippen LogP contribution in [0, 0.1) is 0 Å². The van der Waals surface area contributed by atoms with E-state index in [1.807, 2.05) is 0 Å². The van der Waals surface area contributed by atoms with Crippen LogP contribution in [-0.2, 0) is 4.79 Å². The number of phenolic OH excluding ortho intramolecular Hbond substituents is 1. The minimum absolute atomic E-state index is 0.0552. The van der Waals surface area contributed by atoms with Crippen LogP contribution in [0.25, 0.3) is 0 Å². The van der Waals surface area contributed by atoms with Crippen molar-refractivity contribution in [2.45, 2.75) is 0 Å². The van der Waals surface area contributed by atoms with Gasteiger partial charge in [0, 0.05) is 6.07 Å². The molecule has 15 heavy (non-hydrogen) atoms. The van der Waals surface area contributed by atoms with E-state index >= 15 is 0 Å². The second-order valence-corrected chi connectivity index (χ2v) is 3.45. The van der Waals surface area contributed by atoms with E-state index < -0.39 is 0 Å². The third-order valence-corrected chi connectivity index (χ3v) is 2.45. The third kappa shape index (κ3) is 1.85. The number of anilines is 1. The van der Waals surface area contributed by atoms with E-state index in [1.165, 1.54) is 12.1 Å². The number of hydrogen-bond acceptors (Lipinski definition) is 3. The number of phenols is 1. The van der Waals surface area contributed by atoms with E-state index in [4.69, 9.17) is 16.3 Å². The number of alkyl halides is 1. The standard InChI is InChI=1S/C10H10ClNO3/c11-6-10(14)12-3-4-15-9-5-7(13)1-2-8(9)12/h1-2,5,13H,3-4,6H2. The van der Waals surface area contributed by atoms with Crippen LogP contribution in [0.2, 0.25) is 0 Å². The van der Waals surface area contributed by atoms with Gasteiger partial charge in [0.15, 0.2) is 0 Å². The second-order valence-electron chi connectivity index (χ2n) is 3.18. The number of nitrogens with zero attached hydrogens (tertiary/aromatic N) is 1. The van der Waals surface area contributed by atoms with Crippen LogP contribution >= 0.6 is 11.6 Å². The molecule has 80 valence electrons. The molecule has 1 aliphatic rings. The summed E-state index contributed by atoms with van der Waals surface area (Å²) in [7, 11) is 0. The molecule has 0 spiro atoms. The van der Waals surface area contributed by atoms with Gasteiger partial charge in [0.1, 0.15) is 24.0 Å². The summed E-state index contributed by atoms with van der Waals surface area (Å²) in [6.07, 6.45) is 0. The number of rotatable bonds is 1. The predicted molar refractivity (Wildman–Crippen MR) is 56.7 cm³/mol. The van der Waals surface area contributed by atoms with E-state index in [0.717, 1.165) is 0 Å². The Labute approximate surface area is 92.0 Å². The molecule has 0 saturated carbocycles. The molecule has 2 rings (SSSR count). The van der Waals surface area contributed by atoms with Gasteiger partial charge >= 0.3 is 0 Å². The lowest BCUT2D eigenvalue weighted by Crippen LogP contribution is -2.38. The largest absolute Gasteiger partial charge is 0.508 e. The molecule has 1 heterocycles. The summed E-state index contributed by atoms with van der Waals surface area (Å²) < 4.78 is 5.33. The highest BCUT2D eigenvalue weighted by molar-refractivity contribution is 6.29. The number of ether oxygens (including phenoxy) is 1. The lowest BCUT2D eigenvalue weighted by Gasteiger charge is -2.28. The smallest absolute Gasteiger partial charge is 0.242 e. The molecule has 4 nitrogen and oxygen atoms in total. The highest BCUT2D eigenvalue weighted by Crippen LogP contribution is 2.34. The van der Waals surface area contributed by atoms with Gasteiger partial charge in [-0.05, 0) is 12.1 Å². The van der Waals surface area contributed by atoms with Gasteiger partial charge in [0.25, 0.3) is 0 Å². The molecule has 0 radical (unpaired) electrons. The molecule has 1 aliphatic heterocycles. The number of amides is 1. The average molecular weight is 228 g/mol. The molecule has 0 aliphatic carbocycles. The third-order valence-electron chi connectivity index (χ3n) is 2.22. The van der Waals surface area contributed by atoms with Crippen LogP contribution in [0.15, 0.2) is 18.2 Å². The number of halogens is 1. The van der Waals surface area contributed by atoms with E-state index in [-0.39, 0.29) is 17.5 Å². The van der Waals surface area contributed by atoms with Gasteiger partial charge in [-0.1, -0.05) is 0 Å². The Morgan fingerprint density at radius 1 is 1.60 bits per heavy atom. The van der Waals surface area contributed by atoms with Gasteiger partial charge in [0.05, 0.1) is 12.2 Å². The average Bonchev–Trinajstić information content (AvgIpc) is 2.26. The van der Waals surface area contributed by atoms with Crippen molar-refractivity contribution in [2.24, 2.45) is 0 Å². The molecule has 5 heteroatoms. The van der Waals surface area contributed by atoms with Crippen molar-refractivity contribution in [1.82, 2.24) is 0 Å². The maximum Gasteiger partial charge on any atom is 0.242 e. The number of benzene rings is 1. The Morgan fingerprint density at radius 3 is 3.13 bits per heavy atom. The number of carbonyl (C=O) groups excluding carboxylic acids is 1. The first-order valence-electron chi connectivity index (χ1n) is 4.54. The SMILES string of the molecule is O=C(CCl)N1CCOc2cc(O)ccc21. The van der Waals surface area contributed by atoms with Crippen LogP contribution in [0.1, 0.15) is 0 Å². The number of fused-ring (bicyclic) bond motifs is 1. The van der Waals surface area contributed by atoms with Crippen molar-refractivity contribution in [3.63, 3.8) is 0 Å². The first-order valence-corrected chi connectivity index (χ1v) is 5.08. The van der Waals surface area contributed by atoms with Crippen LogP contribution < -0.4 is 9.64 Å². The summed E-state index contributed by atoms with van der Waals surface area (Å²) in [4.78, 5) is 13.1. The second kappa shape index (κ2) is 3.98.